The minimum atomic E-state index is 0.139. The quantitative estimate of drug-likeness (QED) is 0.714. The average molecular weight is 349 g/mol. The monoisotopic (exact) mass is 349 g/mol. The Morgan fingerprint density at radius 3 is 2.38 bits per heavy atom. The van der Waals surface area contributed by atoms with Crippen LogP contribution in [0.5, 0.6) is 0 Å². The molecule has 0 radical (unpaired) electrons. The molecule has 1 aliphatic rings. The molecule has 0 atom stereocenters. The minimum Gasteiger partial charge on any atom is -0.353 e. The molecule has 1 fully saturated rings. The molecule has 0 unspecified atom stereocenters. The summed E-state index contributed by atoms with van der Waals surface area (Å²) in [6.07, 6.45) is 0. The van der Waals surface area contributed by atoms with Crippen molar-refractivity contribution in [3.8, 4) is 11.3 Å². The standard InChI is InChI=1S/C20H23N5O/c1-14-15(2)22-25-19(24-11-9-23(10-12-24)16(3)26)13-18(21-20(14)25)17-7-5-4-6-8-17/h4-8,13H,9-12H2,1-3H3. The number of rotatable bonds is 2. The SMILES string of the molecule is CC(=O)N1CCN(c2cc(-c3ccccc3)nc3c(C)c(C)nn23)CC1. The fourth-order valence-corrected chi connectivity index (χ4v) is 3.45. The van der Waals surface area contributed by atoms with Gasteiger partial charge in [-0.25, -0.2) is 4.98 Å². The summed E-state index contributed by atoms with van der Waals surface area (Å²) < 4.78 is 1.94. The number of carbonyl (C=O) groups excluding carboxylic acids is 1. The number of amides is 1. The number of hydrogen-bond donors (Lipinski definition) is 0. The Hall–Kier alpha value is -2.89. The van der Waals surface area contributed by atoms with E-state index in [4.69, 9.17) is 10.1 Å². The van der Waals surface area contributed by atoms with E-state index in [0.29, 0.717) is 0 Å². The largest absolute Gasteiger partial charge is 0.353 e. The Bertz CT molecular complexity index is 955. The molecule has 1 aliphatic heterocycles. The summed E-state index contributed by atoms with van der Waals surface area (Å²) in [4.78, 5) is 20.7. The molecular weight excluding hydrogens is 326 g/mol. The first kappa shape index (κ1) is 16.6. The van der Waals surface area contributed by atoms with Gasteiger partial charge in [0.25, 0.3) is 0 Å². The van der Waals surface area contributed by atoms with Crippen LogP contribution in [0.3, 0.4) is 0 Å². The summed E-state index contributed by atoms with van der Waals surface area (Å²) in [7, 11) is 0. The zero-order chi connectivity index (χ0) is 18.3. The van der Waals surface area contributed by atoms with E-state index in [-0.39, 0.29) is 5.91 Å². The van der Waals surface area contributed by atoms with Gasteiger partial charge >= 0.3 is 0 Å². The number of carbonyl (C=O) groups is 1. The van der Waals surface area contributed by atoms with Crippen LogP contribution in [0.1, 0.15) is 18.2 Å². The summed E-state index contributed by atoms with van der Waals surface area (Å²) in [6, 6.07) is 12.3. The summed E-state index contributed by atoms with van der Waals surface area (Å²) in [5.41, 5.74) is 5.03. The van der Waals surface area contributed by atoms with E-state index in [9.17, 15) is 4.79 Å². The van der Waals surface area contributed by atoms with Crippen molar-refractivity contribution in [2.75, 3.05) is 31.1 Å². The van der Waals surface area contributed by atoms with Crippen LogP contribution in [0, 0.1) is 13.8 Å². The number of nitrogens with zero attached hydrogens (tertiary/aromatic N) is 5. The van der Waals surface area contributed by atoms with Crippen molar-refractivity contribution in [1.82, 2.24) is 19.5 Å². The zero-order valence-corrected chi connectivity index (χ0v) is 15.4. The Kier molecular flexibility index (Phi) is 4.11. The van der Waals surface area contributed by atoms with Crippen molar-refractivity contribution in [2.45, 2.75) is 20.8 Å². The highest BCUT2D eigenvalue weighted by atomic mass is 16.2. The maximum absolute atomic E-state index is 11.6. The molecule has 0 N–H and O–H groups in total. The molecule has 1 amide bonds. The van der Waals surface area contributed by atoms with E-state index >= 15 is 0 Å². The van der Waals surface area contributed by atoms with Gasteiger partial charge in [0, 0.05) is 50.3 Å². The molecule has 1 aromatic carbocycles. The van der Waals surface area contributed by atoms with E-state index in [0.717, 1.165) is 60.2 Å². The first-order valence-electron chi connectivity index (χ1n) is 8.97. The Morgan fingerprint density at radius 1 is 1.04 bits per heavy atom. The van der Waals surface area contributed by atoms with Crippen molar-refractivity contribution in [1.29, 1.82) is 0 Å². The van der Waals surface area contributed by atoms with Crippen LogP contribution in [-0.4, -0.2) is 51.6 Å². The molecule has 6 heteroatoms. The smallest absolute Gasteiger partial charge is 0.219 e. The second-order valence-corrected chi connectivity index (χ2v) is 6.80. The second kappa shape index (κ2) is 6.44. The van der Waals surface area contributed by atoms with Crippen molar-refractivity contribution in [3.05, 3.63) is 47.7 Å². The van der Waals surface area contributed by atoms with Crippen LogP contribution in [0.2, 0.25) is 0 Å². The van der Waals surface area contributed by atoms with Gasteiger partial charge in [-0.15, -0.1) is 0 Å². The van der Waals surface area contributed by atoms with Gasteiger partial charge in [-0.3, -0.25) is 4.79 Å². The average Bonchev–Trinajstić information content (AvgIpc) is 2.96. The lowest BCUT2D eigenvalue weighted by Gasteiger charge is -2.35. The van der Waals surface area contributed by atoms with Gasteiger partial charge < -0.3 is 9.80 Å². The fourth-order valence-electron chi connectivity index (χ4n) is 3.45. The molecule has 0 bridgehead atoms. The lowest BCUT2D eigenvalue weighted by atomic mass is 10.1. The molecule has 0 aliphatic carbocycles. The van der Waals surface area contributed by atoms with Crippen LogP contribution in [0.15, 0.2) is 36.4 Å². The number of piperazine rings is 1. The number of fused-ring (bicyclic) bond motifs is 1. The van der Waals surface area contributed by atoms with Gasteiger partial charge in [-0.1, -0.05) is 30.3 Å². The molecule has 134 valence electrons. The molecule has 26 heavy (non-hydrogen) atoms. The third-order valence-corrected chi connectivity index (χ3v) is 5.16. The molecule has 1 saturated heterocycles. The number of anilines is 1. The lowest BCUT2D eigenvalue weighted by molar-refractivity contribution is -0.129. The van der Waals surface area contributed by atoms with Crippen LogP contribution in [0.25, 0.3) is 16.9 Å². The maximum atomic E-state index is 11.6. The van der Waals surface area contributed by atoms with Crippen molar-refractivity contribution in [3.63, 3.8) is 0 Å². The van der Waals surface area contributed by atoms with E-state index in [1.807, 2.05) is 34.5 Å². The highest BCUT2D eigenvalue weighted by Gasteiger charge is 2.23. The first-order chi connectivity index (χ1) is 12.5. The Balaban J connectivity index is 1.80. The van der Waals surface area contributed by atoms with Crippen molar-refractivity contribution < 1.29 is 4.79 Å². The van der Waals surface area contributed by atoms with Gasteiger partial charge in [0.2, 0.25) is 5.91 Å². The van der Waals surface area contributed by atoms with Crippen molar-refractivity contribution in [2.24, 2.45) is 0 Å². The molecule has 3 aromatic rings. The summed E-state index contributed by atoms with van der Waals surface area (Å²) >= 11 is 0. The maximum Gasteiger partial charge on any atom is 0.219 e. The summed E-state index contributed by atoms with van der Waals surface area (Å²) in [5, 5.41) is 4.71. The Morgan fingerprint density at radius 2 is 1.73 bits per heavy atom. The minimum absolute atomic E-state index is 0.139. The van der Waals surface area contributed by atoms with E-state index in [1.165, 1.54) is 0 Å². The summed E-state index contributed by atoms with van der Waals surface area (Å²) in [5.74, 6) is 1.17. The number of aromatic nitrogens is 3. The highest BCUT2D eigenvalue weighted by molar-refractivity contribution is 5.74. The molecule has 3 heterocycles. The molecule has 0 saturated carbocycles. The first-order valence-corrected chi connectivity index (χ1v) is 8.97. The number of benzene rings is 1. The lowest BCUT2D eigenvalue weighted by Crippen LogP contribution is -2.48. The number of aryl methyl sites for hydroxylation is 2. The van der Waals surface area contributed by atoms with Crippen LogP contribution >= 0.6 is 0 Å². The molecule has 6 nitrogen and oxygen atoms in total. The van der Waals surface area contributed by atoms with Gasteiger partial charge in [0.1, 0.15) is 5.82 Å². The zero-order valence-electron chi connectivity index (χ0n) is 15.4. The van der Waals surface area contributed by atoms with Crippen LogP contribution in [0.4, 0.5) is 5.82 Å². The van der Waals surface area contributed by atoms with Gasteiger partial charge in [0.05, 0.1) is 11.4 Å². The third-order valence-electron chi connectivity index (χ3n) is 5.16. The molecular formula is C20H23N5O. The molecule has 4 rings (SSSR count). The van der Waals surface area contributed by atoms with E-state index < -0.39 is 0 Å². The van der Waals surface area contributed by atoms with E-state index in [1.54, 1.807) is 6.92 Å². The fraction of sp³-hybridized carbons (Fsp3) is 0.350. The third kappa shape index (κ3) is 2.81. The molecule has 2 aromatic heterocycles. The predicted octanol–water partition coefficient (Wildman–Crippen LogP) is 2.68. The van der Waals surface area contributed by atoms with Crippen LogP contribution in [-0.2, 0) is 4.79 Å². The second-order valence-electron chi connectivity index (χ2n) is 6.80. The summed E-state index contributed by atoms with van der Waals surface area (Å²) in [6.45, 7) is 8.78. The van der Waals surface area contributed by atoms with Crippen LogP contribution < -0.4 is 4.90 Å². The van der Waals surface area contributed by atoms with E-state index in [2.05, 4.69) is 30.0 Å². The van der Waals surface area contributed by atoms with Gasteiger partial charge in [-0.2, -0.15) is 9.61 Å². The number of hydrogen-bond acceptors (Lipinski definition) is 4. The van der Waals surface area contributed by atoms with Crippen molar-refractivity contribution >= 4 is 17.4 Å². The predicted molar refractivity (Wildman–Crippen MR) is 102 cm³/mol. The molecule has 0 spiro atoms. The highest BCUT2D eigenvalue weighted by Crippen LogP contribution is 2.27. The Labute approximate surface area is 153 Å². The van der Waals surface area contributed by atoms with Gasteiger partial charge in [-0.05, 0) is 13.8 Å². The van der Waals surface area contributed by atoms with Gasteiger partial charge in [0.15, 0.2) is 5.65 Å². The topological polar surface area (TPSA) is 53.7 Å². The normalized spacial score (nSPS) is 14.9.